The number of amides is 2. The molecule has 8 heteroatoms. The van der Waals surface area contributed by atoms with Gasteiger partial charge in [0.25, 0.3) is 0 Å². The van der Waals surface area contributed by atoms with E-state index in [1.165, 1.54) is 26.3 Å². The molecule has 0 bridgehead atoms. The molecule has 0 saturated carbocycles. The van der Waals surface area contributed by atoms with Crippen molar-refractivity contribution in [3.8, 4) is 16.9 Å². The number of hydrogen-bond donors (Lipinski definition) is 0. The number of imide groups is 1. The Morgan fingerprint density at radius 1 is 1.06 bits per heavy atom. The molecular weight excluding hydrogens is 439 g/mol. The van der Waals surface area contributed by atoms with Crippen molar-refractivity contribution in [1.29, 1.82) is 0 Å². The summed E-state index contributed by atoms with van der Waals surface area (Å²) in [5, 5.41) is 0. The van der Waals surface area contributed by atoms with Gasteiger partial charge in [-0.15, -0.1) is 0 Å². The molecular formula is C26H27FN2O5. The van der Waals surface area contributed by atoms with E-state index in [9.17, 15) is 18.8 Å². The summed E-state index contributed by atoms with van der Waals surface area (Å²) in [6.45, 7) is 0.582. The molecule has 3 fully saturated rings. The fraction of sp³-hybridized carbons (Fsp3) is 0.423. The van der Waals surface area contributed by atoms with Crippen LogP contribution in [0.15, 0.2) is 42.5 Å². The fourth-order valence-corrected chi connectivity index (χ4v) is 6.26. The number of carbonyl (C=O) groups is 3. The third-order valence-corrected chi connectivity index (χ3v) is 7.74. The summed E-state index contributed by atoms with van der Waals surface area (Å²) in [6.07, 6.45) is 2.10. The van der Waals surface area contributed by atoms with E-state index in [1.807, 2.05) is 23.1 Å². The summed E-state index contributed by atoms with van der Waals surface area (Å²) in [6, 6.07) is 11.3. The number of methoxy groups -OCH3 is 2. The lowest BCUT2D eigenvalue weighted by Crippen LogP contribution is -2.59. The number of nitrogens with zero attached hydrogens (tertiary/aromatic N) is 2. The average Bonchev–Trinajstić information content (AvgIpc) is 3.30. The number of rotatable bonds is 4. The Hall–Kier alpha value is -3.26. The molecule has 0 aliphatic carbocycles. The smallest absolute Gasteiger partial charge is 0.327 e. The average molecular weight is 467 g/mol. The highest BCUT2D eigenvalue weighted by atomic mass is 19.1. The number of halogens is 1. The van der Waals surface area contributed by atoms with Gasteiger partial charge in [-0.25, -0.2) is 4.39 Å². The molecule has 3 aliphatic heterocycles. The Balaban J connectivity index is 1.65. The van der Waals surface area contributed by atoms with Gasteiger partial charge in [-0.1, -0.05) is 24.3 Å². The van der Waals surface area contributed by atoms with E-state index >= 15 is 0 Å². The maximum atomic E-state index is 13.4. The van der Waals surface area contributed by atoms with Crippen LogP contribution in [0, 0.1) is 17.7 Å². The van der Waals surface area contributed by atoms with Gasteiger partial charge in [-0.2, -0.15) is 0 Å². The molecule has 178 valence electrons. The van der Waals surface area contributed by atoms with Gasteiger partial charge in [0.2, 0.25) is 11.8 Å². The number of piperidine rings is 1. The van der Waals surface area contributed by atoms with Crippen LogP contribution in [-0.2, 0) is 19.1 Å². The number of ether oxygens (including phenoxy) is 2. The van der Waals surface area contributed by atoms with Crippen LogP contribution in [0.1, 0.15) is 30.9 Å². The summed E-state index contributed by atoms with van der Waals surface area (Å²) in [5.41, 5.74) is 1.21. The highest BCUT2D eigenvalue weighted by molar-refractivity contribution is 6.09. The lowest BCUT2D eigenvalue weighted by atomic mass is 9.75. The van der Waals surface area contributed by atoms with E-state index in [1.54, 1.807) is 19.2 Å². The minimum absolute atomic E-state index is 0.278. The molecule has 7 nitrogen and oxygen atoms in total. The molecule has 2 aromatic rings. The van der Waals surface area contributed by atoms with Crippen LogP contribution >= 0.6 is 0 Å². The maximum absolute atomic E-state index is 13.4. The largest absolute Gasteiger partial charge is 0.496 e. The zero-order chi connectivity index (χ0) is 24.2. The summed E-state index contributed by atoms with van der Waals surface area (Å²) < 4.78 is 24.3. The Kier molecular flexibility index (Phi) is 5.43. The van der Waals surface area contributed by atoms with Crippen LogP contribution < -0.4 is 4.74 Å². The summed E-state index contributed by atoms with van der Waals surface area (Å²) in [4.78, 5) is 43.0. The summed E-state index contributed by atoms with van der Waals surface area (Å²) in [7, 11) is 4.37. The highest BCUT2D eigenvalue weighted by Gasteiger charge is 2.72. The molecule has 3 heterocycles. The minimum atomic E-state index is -1.16. The molecule has 3 aliphatic rings. The number of carbonyl (C=O) groups excluding carboxylic acids is 3. The minimum Gasteiger partial charge on any atom is -0.496 e. The van der Waals surface area contributed by atoms with Gasteiger partial charge >= 0.3 is 5.97 Å². The molecule has 0 radical (unpaired) electrons. The number of hydrogen-bond acceptors (Lipinski definition) is 6. The zero-order valence-corrected chi connectivity index (χ0v) is 19.4. The second kappa shape index (κ2) is 8.20. The lowest BCUT2D eigenvalue weighted by molar-refractivity contribution is -0.163. The first-order valence-corrected chi connectivity index (χ1v) is 11.5. The van der Waals surface area contributed by atoms with Gasteiger partial charge < -0.3 is 9.47 Å². The second-order valence-electron chi connectivity index (χ2n) is 9.22. The van der Waals surface area contributed by atoms with Crippen molar-refractivity contribution in [2.45, 2.75) is 30.8 Å². The molecule has 5 rings (SSSR count). The van der Waals surface area contributed by atoms with Crippen LogP contribution in [0.4, 0.5) is 4.39 Å². The van der Waals surface area contributed by atoms with Crippen molar-refractivity contribution in [1.82, 2.24) is 9.80 Å². The molecule has 0 unspecified atom stereocenters. The Bertz CT molecular complexity index is 1170. The molecule has 3 saturated heterocycles. The maximum Gasteiger partial charge on any atom is 0.327 e. The third kappa shape index (κ3) is 3.01. The first kappa shape index (κ1) is 22.5. The molecule has 0 N–H and O–H groups in total. The molecule has 2 aromatic carbocycles. The SMILES string of the molecule is COC(=O)[C@@]12CCCCN1[C@H](c1ccc(-c3ccc(F)cc3)c(OC)c1)[C@H]1C(=O)N(C)C(=O)[C@H]12. The van der Waals surface area contributed by atoms with Crippen LogP contribution in [-0.4, -0.2) is 60.9 Å². The van der Waals surface area contributed by atoms with Crippen molar-refractivity contribution in [3.63, 3.8) is 0 Å². The highest BCUT2D eigenvalue weighted by Crippen LogP contribution is 2.58. The van der Waals surface area contributed by atoms with Crippen molar-refractivity contribution < 1.29 is 28.2 Å². The monoisotopic (exact) mass is 466 g/mol. The van der Waals surface area contributed by atoms with Gasteiger partial charge in [0, 0.05) is 18.7 Å². The van der Waals surface area contributed by atoms with Crippen LogP contribution in [0.3, 0.4) is 0 Å². The normalized spacial score (nSPS) is 28.6. The predicted octanol–water partition coefficient (Wildman–Crippen LogP) is 3.18. The van der Waals surface area contributed by atoms with E-state index in [-0.39, 0.29) is 17.6 Å². The first-order valence-electron chi connectivity index (χ1n) is 11.5. The first-order chi connectivity index (χ1) is 16.3. The van der Waals surface area contributed by atoms with Gasteiger partial charge in [0.05, 0.1) is 26.1 Å². The van der Waals surface area contributed by atoms with E-state index in [0.717, 1.165) is 34.4 Å². The van der Waals surface area contributed by atoms with E-state index < -0.39 is 29.4 Å². The number of fused-ring (bicyclic) bond motifs is 3. The number of benzene rings is 2. The fourth-order valence-electron chi connectivity index (χ4n) is 6.26. The van der Waals surface area contributed by atoms with Crippen molar-refractivity contribution in [3.05, 3.63) is 53.8 Å². The summed E-state index contributed by atoms with van der Waals surface area (Å²) in [5.74, 6) is -2.30. The molecule has 0 spiro atoms. The lowest BCUT2D eigenvalue weighted by Gasteiger charge is -2.44. The quantitative estimate of drug-likeness (QED) is 0.509. The molecule has 4 atom stereocenters. The van der Waals surface area contributed by atoms with Crippen molar-refractivity contribution >= 4 is 17.8 Å². The Morgan fingerprint density at radius 2 is 1.79 bits per heavy atom. The number of esters is 1. The zero-order valence-electron chi connectivity index (χ0n) is 19.4. The molecule has 2 amide bonds. The van der Waals surface area contributed by atoms with Crippen LogP contribution in [0.25, 0.3) is 11.1 Å². The van der Waals surface area contributed by atoms with Gasteiger partial charge in [0.1, 0.15) is 17.1 Å². The van der Waals surface area contributed by atoms with Crippen LogP contribution in [0.5, 0.6) is 5.75 Å². The molecule has 0 aromatic heterocycles. The van der Waals surface area contributed by atoms with Crippen molar-refractivity contribution in [2.75, 3.05) is 27.8 Å². The van der Waals surface area contributed by atoms with Gasteiger partial charge in [-0.05, 0) is 55.1 Å². The topological polar surface area (TPSA) is 76.2 Å². The predicted molar refractivity (Wildman–Crippen MR) is 121 cm³/mol. The second-order valence-corrected chi connectivity index (χ2v) is 9.22. The van der Waals surface area contributed by atoms with Crippen molar-refractivity contribution in [2.24, 2.45) is 11.8 Å². The number of likely N-dealkylation sites (tertiary alicyclic amines) is 1. The molecule has 34 heavy (non-hydrogen) atoms. The third-order valence-electron chi connectivity index (χ3n) is 7.74. The van der Waals surface area contributed by atoms with E-state index in [2.05, 4.69) is 0 Å². The van der Waals surface area contributed by atoms with E-state index in [4.69, 9.17) is 9.47 Å². The van der Waals surface area contributed by atoms with Crippen LogP contribution in [0.2, 0.25) is 0 Å². The Labute approximate surface area is 197 Å². The van der Waals surface area contributed by atoms with Gasteiger partial charge in [-0.3, -0.25) is 24.2 Å². The Morgan fingerprint density at radius 3 is 2.47 bits per heavy atom. The summed E-state index contributed by atoms with van der Waals surface area (Å²) >= 11 is 0. The van der Waals surface area contributed by atoms with Gasteiger partial charge in [0.15, 0.2) is 0 Å². The van der Waals surface area contributed by atoms with E-state index in [0.29, 0.717) is 18.7 Å². The standard InChI is InChI=1S/C26H27FN2O5/c1-28-23(30)20-21(24(28)31)26(25(32)34-3)12-4-5-13-29(26)22(20)16-8-11-18(19(14-16)33-2)15-6-9-17(27)10-7-15/h6-11,14,20-22H,4-5,12-13H2,1-3H3/t20-,21-,22+,26-/m0/s1.